The largest absolute Gasteiger partial charge is 0.444 e. The maximum atomic E-state index is 12.2. The van der Waals surface area contributed by atoms with Gasteiger partial charge in [0.05, 0.1) is 18.8 Å². The van der Waals surface area contributed by atoms with Gasteiger partial charge >= 0.3 is 6.09 Å². The zero-order chi connectivity index (χ0) is 13.3. The molecule has 0 N–H and O–H groups in total. The van der Waals surface area contributed by atoms with Gasteiger partial charge in [-0.1, -0.05) is 6.92 Å². The third-order valence-corrected chi connectivity index (χ3v) is 3.45. The topological polar surface area (TPSA) is 42.0 Å². The predicted molar refractivity (Wildman–Crippen MR) is 68.6 cm³/mol. The van der Waals surface area contributed by atoms with Crippen molar-refractivity contribution in [2.24, 2.45) is 0 Å². The molecule has 0 aliphatic carbocycles. The number of rotatable bonds is 1. The van der Waals surface area contributed by atoms with E-state index in [4.69, 9.17) is 9.47 Å². The number of morpholine rings is 1. The summed E-state index contributed by atoms with van der Waals surface area (Å²) in [5.41, 5.74) is -0.437. The van der Waals surface area contributed by atoms with Crippen LogP contribution in [0.3, 0.4) is 0 Å². The number of carbonyl (C=O) groups is 1. The highest BCUT2D eigenvalue weighted by molar-refractivity contribution is 5.69. The first-order chi connectivity index (χ1) is 8.40. The second kappa shape index (κ2) is 5.05. The summed E-state index contributed by atoms with van der Waals surface area (Å²) in [4.78, 5) is 16.3. The van der Waals surface area contributed by atoms with Gasteiger partial charge in [0.25, 0.3) is 0 Å². The van der Waals surface area contributed by atoms with Crippen molar-refractivity contribution in [1.82, 2.24) is 9.80 Å². The van der Waals surface area contributed by atoms with E-state index in [1.54, 1.807) is 0 Å². The SMILES string of the molecule is CCN1C[C@H]2OCCN(C(=O)OC(C)(C)C)[C@H]2C1. The average Bonchev–Trinajstić information content (AvgIpc) is 2.68. The minimum absolute atomic E-state index is 0.145. The molecular weight excluding hydrogens is 232 g/mol. The molecule has 0 spiro atoms. The molecule has 2 atom stereocenters. The van der Waals surface area contributed by atoms with Gasteiger partial charge in [0, 0.05) is 19.6 Å². The number of hydrogen-bond acceptors (Lipinski definition) is 4. The lowest BCUT2D eigenvalue weighted by molar-refractivity contribution is -0.0569. The average molecular weight is 256 g/mol. The smallest absolute Gasteiger partial charge is 0.410 e. The van der Waals surface area contributed by atoms with E-state index in [9.17, 15) is 4.79 Å². The van der Waals surface area contributed by atoms with Gasteiger partial charge in [0.15, 0.2) is 0 Å². The quantitative estimate of drug-likeness (QED) is 0.710. The van der Waals surface area contributed by atoms with Crippen LogP contribution in [0.15, 0.2) is 0 Å². The van der Waals surface area contributed by atoms with Crippen LogP contribution in [0.5, 0.6) is 0 Å². The van der Waals surface area contributed by atoms with E-state index < -0.39 is 5.60 Å². The number of fused-ring (bicyclic) bond motifs is 1. The fourth-order valence-corrected chi connectivity index (χ4v) is 2.57. The van der Waals surface area contributed by atoms with E-state index in [0.29, 0.717) is 13.2 Å². The molecule has 2 heterocycles. The van der Waals surface area contributed by atoms with Gasteiger partial charge in [-0.05, 0) is 27.3 Å². The molecule has 5 nitrogen and oxygen atoms in total. The van der Waals surface area contributed by atoms with Crippen molar-refractivity contribution in [1.29, 1.82) is 0 Å². The minimum atomic E-state index is -0.437. The van der Waals surface area contributed by atoms with E-state index >= 15 is 0 Å². The molecule has 1 amide bonds. The number of likely N-dealkylation sites (N-methyl/N-ethyl adjacent to an activating group) is 1. The third kappa shape index (κ3) is 2.95. The van der Waals surface area contributed by atoms with Gasteiger partial charge in [-0.3, -0.25) is 9.80 Å². The first-order valence-electron chi connectivity index (χ1n) is 6.74. The van der Waals surface area contributed by atoms with Gasteiger partial charge in [0.1, 0.15) is 5.60 Å². The molecule has 2 saturated heterocycles. The summed E-state index contributed by atoms with van der Waals surface area (Å²) < 4.78 is 11.2. The van der Waals surface area contributed by atoms with Crippen molar-refractivity contribution in [3.05, 3.63) is 0 Å². The van der Waals surface area contributed by atoms with Crippen LogP contribution < -0.4 is 0 Å². The number of ether oxygens (including phenoxy) is 2. The van der Waals surface area contributed by atoms with Crippen LogP contribution in [0.25, 0.3) is 0 Å². The Balaban J connectivity index is 2.02. The Morgan fingerprint density at radius 2 is 2.11 bits per heavy atom. The fraction of sp³-hybridized carbons (Fsp3) is 0.923. The van der Waals surface area contributed by atoms with E-state index in [1.807, 2.05) is 25.7 Å². The molecule has 2 aliphatic heterocycles. The van der Waals surface area contributed by atoms with Gasteiger partial charge in [0.2, 0.25) is 0 Å². The van der Waals surface area contributed by atoms with Crippen molar-refractivity contribution in [3.8, 4) is 0 Å². The van der Waals surface area contributed by atoms with Crippen LogP contribution in [0.1, 0.15) is 27.7 Å². The molecule has 0 unspecified atom stereocenters. The van der Waals surface area contributed by atoms with Crippen LogP contribution in [-0.2, 0) is 9.47 Å². The van der Waals surface area contributed by atoms with Crippen LogP contribution in [0, 0.1) is 0 Å². The second-order valence-corrected chi connectivity index (χ2v) is 6.00. The first-order valence-corrected chi connectivity index (χ1v) is 6.74. The third-order valence-electron chi connectivity index (χ3n) is 3.45. The van der Waals surface area contributed by atoms with Crippen LogP contribution >= 0.6 is 0 Å². The predicted octanol–water partition coefficient (Wildman–Crippen LogP) is 1.33. The summed E-state index contributed by atoms with van der Waals surface area (Å²) in [5.74, 6) is 0. The Hall–Kier alpha value is -0.810. The van der Waals surface area contributed by atoms with E-state index in [-0.39, 0.29) is 18.2 Å². The van der Waals surface area contributed by atoms with Crippen molar-refractivity contribution in [3.63, 3.8) is 0 Å². The summed E-state index contributed by atoms with van der Waals surface area (Å²) in [7, 11) is 0. The molecule has 5 heteroatoms. The van der Waals surface area contributed by atoms with Crippen molar-refractivity contribution in [2.45, 2.75) is 45.4 Å². The Kier molecular flexibility index (Phi) is 3.82. The number of likely N-dealkylation sites (tertiary alicyclic amines) is 1. The number of nitrogens with zero attached hydrogens (tertiary/aromatic N) is 2. The van der Waals surface area contributed by atoms with E-state index in [2.05, 4.69) is 11.8 Å². The van der Waals surface area contributed by atoms with Gasteiger partial charge in [-0.2, -0.15) is 0 Å². The number of carbonyl (C=O) groups excluding carboxylic acids is 1. The lowest BCUT2D eigenvalue weighted by Gasteiger charge is -2.37. The summed E-state index contributed by atoms with van der Waals surface area (Å²) >= 11 is 0. The van der Waals surface area contributed by atoms with Crippen molar-refractivity contribution < 1.29 is 14.3 Å². The molecule has 0 aromatic rings. The Labute approximate surface area is 109 Å². The van der Waals surface area contributed by atoms with Gasteiger partial charge in [-0.15, -0.1) is 0 Å². The van der Waals surface area contributed by atoms with Crippen LogP contribution in [0.2, 0.25) is 0 Å². The van der Waals surface area contributed by atoms with Gasteiger partial charge < -0.3 is 9.47 Å². The number of amides is 1. The van der Waals surface area contributed by atoms with Gasteiger partial charge in [-0.25, -0.2) is 4.79 Å². The Morgan fingerprint density at radius 3 is 2.72 bits per heavy atom. The molecule has 0 bridgehead atoms. The van der Waals surface area contributed by atoms with E-state index in [0.717, 1.165) is 19.6 Å². The van der Waals surface area contributed by atoms with Crippen molar-refractivity contribution in [2.75, 3.05) is 32.8 Å². The zero-order valence-corrected chi connectivity index (χ0v) is 11.8. The Bertz CT molecular complexity index is 314. The lowest BCUT2D eigenvalue weighted by Crippen LogP contribution is -2.54. The molecule has 0 aromatic carbocycles. The second-order valence-electron chi connectivity index (χ2n) is 6.00. The summed E-state index contributed by atoms with van der Waals surface area (Å²) in [6.45, 7) is 11.9. The Morgan fingerprint density at radius 1 is 1.39 bits per heavy atom. The highest BCUT2D eigenvalue weighted by atomic mass is 16.6. The monoisotopic (exact) mass is 256 g/mol. The van der Waals surface area contributed by atoms with Crippen molar-refractivity contribution >= 4 is 6.09 Å². The summed E-state index contributed by atoms with van der Waals surface area (Å²) in [6.07, 6.45) is -0.0648. The van der Waals surface area contributed by atoms with Crippen LogP contribution in [0.4, 0.5) is 4.79 Å². The first kappa shape index (κ1) is 13.6. The maximum Gasteiger partial charge on any atom is 0.410 e. The minimum Gasteiger partial charge on any atom is -0.444 e. The summed E-state index contributed by atoms with van der Waals surface area (Å²) in [5, 5.41) is 0. The van der Waals surface area contributed by atoms with E-state index in [1.165, 1.54) is 0 Å². The molecule has 0 aromatic heterocycles. The normalized spacial score (nSPS) is 29.2. The highest BCUT2D eigenvalue weighted by Crippen LogP contribution is 2.24. The maximum absolute atomic E-state index is 12.2. The molecular formula is C13H24N2O3. The molecule has 104 valence electrons. The summed E-state index contributed by atoms with van der Waals surface area (Å²) in [6, 6.07) is 0.147. The zero-order valence-electron chi connectivity index (χ0n) is 11.8. The fourth-order valence-electron chi connectivity index (χ4n) is 2.57. The standard InChI is InChI=1S/C13H24N2O3/c1-5-14-8-10-11(9-14)17-7-6-15(10)12(16)18-13(2,3)4/h10-11H,5-9H2,1-4H3/t10-,11+/m0/s1. The molecule has 2 aliphatic rings. The molecule has 0 saturated carbocycles. The molecule has 2 rings (SSSR count). The molecule has 2 fully saturated rings. The molecule has 18 heavy (non-hydrogen) atoms. The highest BCUT2D eigenvalue weighted by Gasteiger charge is 2.42. The molecule has 0 radical (unpaired) electrons. The van der Waals surface area contributed by atoms with Crippen LogP contribution in [-0.4, -0.2) is 66.4 Å². The number of hydrogen-bond donors (Lipinski definition) is 0. The lowest BCUT2D eigenvalue weighted by atomic mass is 10.1.